The highest BCUT2D eigenvalue weighted by Crippen LogP contribution is 2.30. The Hall–Kier alpha value is -2.42. The Morgan fingerprint density at radius 1 is 1.32 bits per heavy atom. The molecule has 0 bridgehead atoms. The van der Waals surface area contributed by atoms with Gasteiger partial charge in [-0.2, -0.15) is 0 Å². The van der Waals surface area contributed by atoms with Gasteiger partial charge in [-0.25, -0.2) is 0 Å². The van der Waals surface area contributed by atoms with Crippen molar-refractivity contribution in [2.24, 2.45) is 0 Å². The fourth-order valence-corrected chi connectivity index (χ4v) is 2.22. The highest BCUT2D eigenvalue weighted by Gasteiger charge is 2.20. The second kappa shape index (κ2) is 5.48. The first kappa shape index (κ1) is 13.0. The molecule has 1 aliphatic rings. The van der Waals surface area contributed by atoms with Crippen LogP contribution in [0.1, 0.15) is 17.5 Å². The van der Waals surface area contributed by atoms with Gasteiger partial charge in [0.1, 0.15) is 0 Å². The van der Waals surface area contributed by atoms with E-state index in [4.69, 9.17) is 0 Å². The van der Waals surface area contributed by atoms with Crippen LogP contribution in [0.15, 0.2) is 66.4 Å². The number of fused-ring (bicyclic) bond motifs is 1. The van der Waals surface area contributed by atoms with E-state index >= 15 is 0 Å². The Morgan fingerprint density at radius 2 is 2.05 bits per heavy atom. The zero-order valence-electron chi connectivity index (χ0n) is 10.6. The Kier molecular flexibility index (Phi) is 3.76. The van der Waals surface area contributed by atoms with Crippen molar-refractivity contribution in [3.63, 3.8) is 0 Å². The molecule has 1 aliphatic carbocycles. The first-order valence-corrected chi connectivity index (χ1v) is 6.08. The van der Waals surface area contributed by atoms with Gasteiger partial charge in [0.15, 0.2) is 0 Å². The molecule has 0 saturated carbocycles. The van der Waals surface area contributed by atoms with E-state index in [1.165, 1.54) is 17.7 Å². The predicted molar refractivity (Wildman–Crippen MR) is 77.2 cm³/mol. The zero-order valence-corrected chi connectivity index (χ0v) is 10.6. The van der Waals surface area contributed by atoms with Crippen LogP contribution in [0.2, 0.25) is 0 Å². The highest BCUT2D eigenvalue weighted by atomic mass is 16.6. The Bertz CT molecular complexity index is 609. The average molecular weight is 253 g/mol. The van der Waals surface area contributed by atoms with E-state index in [9.17, 15) is 10.1 Å². The lowest BCUT2D eigenvalue weighted by Crippen LogP contribution is -2.07. The van der Waals surface area contributed by atoms with Crippen molar-refractivity contribution in [2.75, 3.05) is 0 Å². The topological polar surface area (TPSA) is 43.1 Å². The van der Waals surface area contributed by atoms with Crippen LogP contribution in [-0.2, 0) is 6.42 Å². The minimum Gasteiger partial charge on any atom is -0.258 e. The van der Waals surface area contributed by atoms with Crippen LogP contribution in [-0.4, -0.2) is 4.92 Å². The molecule has 96 valence electrons. The predicted octanol–water partition coefficient (Wildman–Crippen LogP) is 3.92. The maximum absolute atomic E-state index is 11.0. The molecule has 1 aromatic carbocycles. The number of nitro groups is 1. The van der Waals surface area contributed by atoms with Crippen molar-refractivity contribution >= 4 is 6.08 Å². The van der Waals surface area contributed by atoms with Crippen molar-refractivity contribution in [3.05, 3.63) is 87.7 Å². The van der Waals surface area contributed by atoms with E-state index in [1.54, 1.807) is 0 Å². The molecule has 0 saturated heterocycles. The monoisotopic (exact) mass is 253 g/mol. The van der Waals surface area contributed by atoms with Crippen LogP contribution in [0.25, 0.3) is 6.08 Å². The van der Waals surface area contributed by atoms with Crippen molar-refractivity contribution in [2.45, 2.75) is 12.8 Å². The molecule has 0 spiro atoms. The van der Waals surface area contributed by atoms with Gasteiger partial charge >= 0.3 is 0 Å². The lowest BCUT2D eigenvalue weighted by molar-refractivity contribution is -0.420. The first-order chi connectivity index (χ1) is 9.13. The number of allylic oxidation sites excluding steroid dienone is 3. The number of hydrogen-bond acceptors (Lipinski definition) is 2. The maximum Gasteiger partial charge on any atom is 0.276 e. The van der Waals surface area contributed by atoms with Crippen molar-refractivity contribution in [1.29, 1.82) is 0 Å². The standard InChI is InChI=1S/C16H15NO2/c1-3-6-16(17(18)19)12(2)14-10-9-13-7-4-5-8-15(13)11-14/h3-8,11H,1-2,9-10H2/b16-6+. The van der Waals surface area contributed by atoms with E-state index in [1.807, 2.05) is 24.3 Å². The van der Waals surface area contributed by atoms with Crippen LogP contribution in [0.5, 0.6) is 0 Å². The fraction of sp³-hybridized carbons (Fsp3) is 0.125. The molecule has 3 heteroatoms. The summed E-state index contributed by atoms with van der Waals surface area (Å²) in [5, 5.41) is 11.0. The van der Waals surface area contributed by atoms with Gasteiger partial charge < -0.3 is 0 Å². The van der Waals surface area contributed by atoms with Gasteiger partial charge in [-0.15, -0.1) is 0 Å². The minimum absolute atomic E-state index is 0.0145. The van der Waals surface area contributed by atoms with E-state index in [0.717, 1.165) is 24.0 Å². The summed E-state index contributed by atoms with van der Waals surface area (Å²) >= 11 is 0. The number of aryl methyl sites for hydroxylation is 1. The Balaban J connectivity index is 2.36. The second-order valence-corrected chi connectivity index (χ2v) is 4.39. The lowest BCUT2D eigenvalue weighted by Gasteiger charge is -2.16. The summed E-state index contributed by atoms with van der Waals surface area (Å²) in [5.74, 6) is 0. The van der Waals surface area contributed by atoms with E-state index in [2.05, 4.69) is 19.2 Å². The molecule has 0 heterocycles. The zero-order chi connectivity index (χ0) is 13.8. The number of hydrogen-bond donors (Lipinski definition) is 0. The number of benzene rings is 1. The largest absolute Gasteiger partial charge is 0.276 e. The third kappa shape index (κ3) is 2.71. The second-order valence-electron chi connectivity index (χ2n) is 4.39. The van der Waals surface area contributed by atoms with Crippen molar-refractivity contribution in [3.8, 4) is 0 Å². The summed E-state index contributed by atoms with van der Waals surface area (Å²) < 4.78 is 0. The van der Waals surface area contributed by atoms with Crippen molar-refractivity contribution in [1.82, 2.24) is 0 Å². The van der Waals surface area contributed by atoms with E-state index < -0.39 is 4.92 Å². The molecule has 0 amide bonds. The highest BCUT2D eigenvalue weighted by molar-refractivity contribution is 5.65. The van der Waals surface area contributed by atoms with Crippen molar-refractivity contribution < 1.29 is 4.92 Å². The van der Waals surface area contributed by atoms with Crippen LogP contribution in [0.3, 0.4) is 0 Å². The molecule has 0 aliphatic heterocycles. The Labute approximate surface area is 112 Å². The summed E-state index contributed by atoms with van der Waals surface area (Å²) in [6, 6.07) is 8.08. The SMILES string of the molecule is C=C/C=C(\C(=C)C1=Cc2ccccc2CC1)[N+](=O)[O-]. The quantitative estimate of drug-likeness (QED) is 0.463. The molecule has 19 heavy (non-hydrogen) atoms. The van der Waals surface area contributed by atoms with Gasteiger partial charge in [0, 0.05) is 11.6 Å². The molecule has 0 fully saturated rings. The van der Waals surface area contributed by atoms with Gasteiger partial charge in [-0.1, -0.05) is 49.6 Å². The Morgan fingerprint density at radius 3 is 2.74 bits per heavy atom. The minimum atomic E-state index is -0.411. The lowest BCUT2D eigenvalue weighted by atomic mass is 9.88. The summed E-state index contributed by atoms with van der Waals surface area (Å²) in [4.78, 5) is 10.6. The maximum atomic E-state index is 11.0. The van der Waals surface area contributed by atoms with Gasteiger partial charge in [0.2, 0.25) is 0 Å². The molecule has 0 unspecified atom stereocenters. The number of nitrogens with zero attached hydrogens (tertiary/aromatic N) is 1. The van der Waals surface area contributed by atoms with Crippen LogP contribution < -0.4 is 0 Å². The molecule has 1 aromatic rings. The fourth-order valence-electron chi connectivity index (χ4n) is 2.22. The van der Waals surface area contributed by atoms with E-state index in [0.29, 0.717) is 5.57 Å². The molecule has 2 rings (SSSR count). The number of rotatable bonds is 4. The molecule has 3 nitrogen and oxygen atoms in total. The normalized spacial score (nSPS) is 14.3. The van der Waals surface area contributed by atoms with Gasteiger partial charge in [-0.3, -0.25) is 10.1 Å². The van der Waals surface area contributed by atoms with Gasteiger partial charge in [0.25, 0.3) is 5.70 Å². The first-order valence-electron chi connectivity index (χ1n) is 6.08. The van der Waals surface area contributed by atoms with Gasteiger partial charge in [0.05, 0.1) is 4.92 Å². The summed E-state index contributed by atoms with van der Waals surface area (Å²) in [6.45, 7) is 7.37. The van der Waals surface area contributed by atoms with Crippen LogP contribution >= 0.6 is 0 Å². The molecular weight excluding hydrogens is 238 g/mol. The van der Waals surface area contributed by atoms with Crippen LogP contribution in [0.4, 0.5) is 0 Å². The third-order valence-corrected chi connectivity index (χ3v) is 3.22. The van der Waals surface area contributed by atoms with Crippen LogP contribution in [0, 0.1) is 10.1 Å². The molecule has 0 radical (unpaired) electrons. The smallest absolute Gasteiger partial charge is 0.258 e. The molecule has 0 atom stereocenters. The molecule has 0 N–H and O–H groups in total. The summed E-state index contributed by atoms with van der Waals surface area (Å²) in [7, 11) is 0. The molecular formula is C16H15NO2. The van der Waals surface area contributed by atoms with E-state index in [-0.39, 0.29) is 5.70 Å². The summed E-state index contributed by atoms with van der Waals surface area (Å²) in [6.07, 6.45) is 6.46. The summed E-state index contributed by atoms with van der Waals surface area (Å²) in [5.41, 5.74) is 3.80. The average Bonchev–Trinajstić information content (AvgIpc) is 2.43. The molecule has 0 aromatic heterocycles. The van der Waals surface area contributed by atoms with Gasteiger partial charge in [-0.05, 0) is 29.5 Å². The third-order valence-electron chi connectivity index (χ3n) is 3.22.